The number of ether oxygens (including phenoxy) is 1. The van der Waals surface area contributed by atoms with Crippen LogP contribution in [0.4, 0.5) is 0 Å². The lowest BCUT2D eigenvalue weighted by Gasteiger charge is -2.05. The molecule has 0 aromatic rings. The molecule has 0 saturated heterocycles. The van der Waals surface area contributed by atoms with Gasteiger partial charge >= 0.3 is 5.97 Å². The summed E-state index contributed by atoms with van der Waals surface area (Å²) in [6.45, 7) is 4.37. The number of carbonyl (C=O) groups excluding carboxylic acids is 2. The van der Waals surface area contributed by atoms with Gasteiger partial charge in [-0.1, -0.05) is 70.4 Å². The minimum atomic E-state index is -0.159. The normalized spacial score (nSPS) is 11.0. The van der Waals surface area contributed by atoms with E-state index in [2.05, 4.69) is 24.4 Å². The molecular weight excluding hydrogens is 326 g/mol. The number of hydrogen-bond acceptors (Lipinski definition) is 3. The zero-order chi connectivity index (χ0) is 19.3. The highest BCUT2D eigenvalue weighted by atomic mass is 16.5. The van der Waals surface area contributed by atoms with Crippen LogP contribution < -0.4 is 5.32 Å². The zero-order valence-electron chi connectivity index (χ0n) is 17.2. The molecule has 1 N–H and O–H groups in total. The van der Waals surface area contributed by atoms with Crippen molar-refractivity contribution in [3.63, 3.8) is 0 Å². The van der Waals surface area contributed by atoms with Gasteiger partial charge in [0.1, 0.15) is 6.61 Å². The average molecular weight is 368 g/mol. The van der Waals surface area contributed by atoms with Gasteiger partial charge in [0, 0.05) is 13.3 Å². The summed E-state index contributed by atoms with van der Waals surface area (Å²) in [5.74, 6) is -0.258. The highest BCUT2D eigenvalue weighted by Gasteiger charge is 2.02. The summed E-state index contributed by atoms with van der Waals surface area (Å²) in [5, 5.41) is 2.60. The number of unbranched alkanes of at least 4 members (excludes halogenated alkanes) is 11. The predicted octanol–water partition coefficient (Wildman–Crippen LogP) is 5.70. The molecule has 4 nitrogen and oxygen atoms in total. The summed E-state index contributed by atoms with van der Waals surface area (Å²) < 4.78 is 5.05. The van der Waals surface area contributed by atoms with E-state index in [0.29, 0.717) is 13.0 Å². The largest absolute Gasteiger partial charge is 0.464 e. The first-order valence-corrected chi connectivity index (χ1v) is 10.7. The molecule has 0 saturated carbocycles. The molecular formula is C22H41NO3. The second-order valence-corrected chi connectivity index (χ2v) is 7.04. The summed E-state index contributed by atoms with van der Waals surface area (Å²) in [7, 11) is 0. The van der Waals surface area contributed by atoms with Crippen LogP contribution in [-0.4, -0.2) is 25.0 Å². The minimum absolute atomic E-state index is 0.0988. The van der Waals surface area contributed by atoms with Crippen molar-refractivity contribution in [1.82, 2.24) is 5.32 Å². The average Bonchev–Trinajstić information content (AvgIpc) is 2.62. The summed E-state index contributed by atoms with van der Waals surface area (Å²) in [5.41, 5.74) is 0. The Morgan fingerprint density at radius 1 is 0.808 bits per heavy atom. The van der Waals surface area contributed by atoms with E-state index in [1.165, 1.54) is 77.6 Å². The molecule has 0 atom stereocenters. The molecule has 0 heterocycles. The van der Waals surface area contributed by atoms with Gasteiger partial charge < -0.3 is 10.1 Å². The standard InChI is InChI=1S/C22H41NO3/c1-3-4-5-6-7-8-9-10-11-12-13-14-15-16-17-18-22(25)26-20-19-23-21(2)24/h10-11H,3-9,12-20H2,1-2H3,(H,23,24). The lowest BCUT2D eigenvalue weighted by Crippen LogP contribution is -2.25. The Labute approximate surface area is 161 Å². The number of amides is 1. The second kappa shape index (κ2) is 20.0. The first kappa shape index (κ1) is 24.7. The molecule has 0 radical (unpaired) electrons. The smallest absolute Gasteiger partial charge is 0.305 e. The lowest BCUT2D eigenvalue weighted by atomic mass is 10.1. The molecule has 0 aromatic carbocycles. The summed E-state index contributed by atoms with van der Waals surface area (Å²) in [6, 6.07) is 0. The molecule has 152 valence electrons. The van der Waals surface area contributed by atoms with Crippen LogP contribution in [0.2, 0.25) is 0 Å². The van der Waals surface area contributed by atoms with E-state index in [-0.39, 0.29) is 18.5 Å². The van der Waals surface area contributed by atoms with Crippen LogP contribution in [0.15, 0.2) is 12.2 Å². The molecule has 0 unspecified atom stereocenters. The first-order valence-electron chi connectivity index (χ1n) is 10.7. The fourth-order valence-corrected chi connectivity index (χ4v) is 2.80. The van der Waals surface area contributed by atoms with Gasteiger partial charge in [-0.2, -0.15) is 0 Å². The fraction of sp³-hybridized carbons (Fsp3) is 0.818. The third-order valence-corrected chi connectivity index (χ3v) is 4.38. The number of esters is 1. The van der Waals surface area contributed by atoms with Gasteiger partial charge in [-0.15, -0.1) is 0 Å². The van der Waals surface area contributed by atoms with E-state index in [9.17, 15) is 9.59 Å². The van der Waals surface area contributed by atoms with Gasteiger partial charge in [-0.3, -0.25) is 9.59 Å². The minimum Gasteiger partial charge on any atom is -0.464 e. The maximum absolute atomic E-state index is 11.5. The van der Waals surface area contributed by atoms with Crippen molar-refractivity contribution in [3.05, 3.63) is 12.2 Å². The van der Waals surface area contributed by atoms with Gasteiger partial charge in [0.15, 0.2) is 0 Å². The van der Waals surface area contributed by atoms with Crippen LogP contribution in [0.1, 0.15) is 104 Å². The second-order valence-electron chi connectivity index (χ2n) is 7.04. The monoisotopic (exact) mass is 367 g/mol. The van der Waals surface area contributed by atoms with Crippen molar-refractivity contribution >= 4 is 11.9 Å². The van der Waals surface area contributed by atoms with E-state index in [1.807, 2.05) is 0 Å². The van der Waals surface area contributed by atoms with Crippen molar-refractivity contribution in [2.75, 3.05) is 13.2 Å². The van der Waals surface area contributed by atoms with E-state index >= 15 is 0 Å². The van der Waals surface area contributed by atoms with Crippen molar-refractivity contribution in [3.8, 4) is 0 Å². The van der Waals surface area contributed by atoms with Crippen LogP contribution in [0.5, 0.6) is 0 Å². The highest BCUT2D eigenvalue weighted by Crippen LogP contribution is 2.10. The maximum atomic E-state index is 11.5. The molecule has 0 fully saturated rings. The topological polar surface area (TPSA) is 55.4 Å². The number of carbonyl (C=O) groups is 2. The van der Waals surface area contributed by atoms with Crippen LogP contribution in [-0.2, 0) is 14.3 Å². The molecule has 0 aromatic heterocycles. The van der Waals surface area contributed by atoms with Gasteiger partial charge in [0.05, 0.1) is 6.54 Å². The van der Waals surface area contributed by atoms with Gasteiger partial charge in [-0.25, -0.2) is 0 Å². The maximum Gasteiger partial charge on any atom is 0.305 e. The molecule has 0 spiro atoms. The van der Waals surface area contributed by atoms with Crippen molar-refractivity contribution in [2.24, 2.45) is 0 Å². The first-order chi connectivity index (χ1) is 12.7. The quantitative estimate of drug-likeness (QED) is 0.192. The Morgan fingerprint density at radius 3 is 1.92 bits per heavy atom. The molecule has 0 aliphatic heterocycles. The van der Waals surface area contributed by atoms with E-state index in [1.54, 1.807) is 0 Å². The Balaban J connectivity index is 3.22. The van der Waals surface area contributed by atoms with Gasteiger partial charge in [-0.05, 0) is 32.1 Å². The predicted molar refractivity (Wildman–Crippen MR) is 109 cm³/mol. The molecule has 0 aliphatic rings. The van der Waals surface area contributed by atoms with E-state index < -0.39 is 0 Å². The molecule has 1 amide bonds. The van der Waals surface area contributed by atoms with Crippen LogP contribution >= 0.6 is 0 Å². The summed E-state index contributed by atoms with van der Waals surface area (Å²) >= 11 is 0. The lowest BCUT2D eigenvalue weighted by molar-refractivity contribution is -0.144. The Kier molecular flexibility index (Phi) is 19.0. The number of nitrogens with one attached hydrogen (secondary N) is 1. The van der Waals surface area contributed by atoms with Gasteiger partial charge in [0.25, 0.3) is 0 Å². The van der Waals surface area contributed by atoms with Crippen LogP contribution in [0, 0.1) is 0 Å². The fourth-order valence-electron chi connectivity index (χ4n) is 2.80. The molecule has 0 rings (SSSR count). The Bertz CT molecular complexity index is 366. The van der Waals surface area contributed by atoms with Crippen molar-refractivity contribution < 1.29 is 14.3 Å². The molecule has 4 heteroatoms. The van der Waals surface area contributed by atoms with Crippen molar-refractivity contribution in [1.29, 1.82) is 0 Å². The van der Waals surface area contributed by atoms with Crippen molar-refractivity contribution in [2.45, 2.75) is 104 Å². The molecule has 0 bridgehead atoms. The SMILES string of the molecule is CCCCCCCCC=CCCCCCCCC(=O)OCCNC(C)=O. The van der Waals surface area contributed by atoms with E-state index in [0.717, 1.165) is 12.8 Å². The van der Waals surface area contributed by atoms with Gasteiger partial charge in [0.2, 0.25) is 5.91 Å². The Hall–Kier alpha value is -1.32. The molecule has 0 aliphatic carbocycles. The van der Waals surface area contributed by atoms with E-state index in [4.69, 9.17) is 4.74 Å². The highest BCUT2D eigenvalue weighted by molar-refractivity contribution is 5.73. The number of hydrogen-bond donors (Lipinski definition) is 1. The third-order valence-electron chi connectivity index (χ3n) is 4.38. The molecule has 26 heavy (non-hydrogen) atoms. The number of rotatable bonds is 18. The zero-order valence-corrected chi connectivity index (χ0v) is 17.2. The summed E-state index contributed by atoms with van der Waals surface area (Å²) in [4.78, 5) is 22.1. The number of allylic oxidation sites excluding steroid dienone is 2. The summed E-state index contributed by atoms with van der Waals surface area (Å²) in [6.07, 6.45) is 21.4. The van der Waals surface area contributed by atoms with Crippen LogP contribution in [0.3, 0.4) is 0 Å². The Morgan fingerprint density at radius 2 is 1.35 bits per heavy atom. The van der Waals surface area contributed by atoms with Crippen LogP contribution in [0.25, 0.3) is 0 Å². The third kappa shape index (κ3) is 20.7.